The number of carboxylic acids is 2. The highest BCUT2D eigenvalue weighted by Gasteiger charge is 2.52. The van der Waals surface area contributed by atoms with Crippen LogP contribution in [-0.4, -0.2) is 61.0 Å². The van der Waals surface area contributed by atoms with Crippen molar-refractivity contribution in [3.05, 3.63) is 28.9 Å². The maximum absolute atomic E-state index is 12.8. The Balaban J connectivity index is 1.73. The summed E-state index contributed by atoms with van der Waals surface area (Å²) in [4.78, 5) is 52.5. The number of hydrogen-bond donors (Lipinski definition) is 4. The van der Waals surface area contributed by atoms with Crippen molar-refractivity contribution in [3.8, 4) is 0 Å². The van der Waals surface area contributed by atoms with E-state index in [0.29, 0.717) is 24.3 Å². The average Bonchev–Trinajstić information content (AvgIpc) is 3.10. The molecule has 1 aromatic rings. The number of nitrogens with one attached hydrogen (secondary N) is 1. The van der Waals surface area contributed by atoms with Gasteiger partial charge in [0.2, 0.25) is 0 Å². The van der Waals surface area contributed by atoms with Crippen molar-refractivity contribution in [2.75, 3.05) is 11.5 Å². The van der Waals surface area contributed by atoms with Gasteiger partial charge in [-0.2, -0.15) is 0 Å². The third kappa shape index (κ3) is 4.43. The molecule has 0 saturated carbocycles. The number of thioether (sulfide) groups is 1. The number of hydrogen-bond acceptors (Lipinski definition) is 8. The number of unbranched alkanes of at least 4 members (excludes halogenated alkanes) is 1. The molecule has 0 radical (unpaired) electrons. The predicted octanol–water partition coefficient (Wildman–Crippen LogP) is 0.732. The molecule has 1 saturated heterocycles. The normalized spacial score (nSPS) is 21.1. The summed E-state index contributed by atoms with van der Waals surface area (Å²) < 4.78 is 0. The molecule has 5 N–H and O–H groups in total. The number of carboxylic acid groups (broad SMARTS) is 2. The van der Waals surface area contributed by atoms with E-state index in [0.717, 1.165) is 11.3 Å². The molecule has 0 unspecified atom stereocenters. The fourth-order valence-corrected chi connectivity index (χ4v) is 4.74. The molecule has 10 nitrogen and oxygen atoms in total. The van der Waals surface area contributed by atoms with E-state index >= 15 is 0 Å². The van der Waals surface area contributed by atoms with Gasteiger partial charge in [0.05, 0.1) is 11.3 Å². The van der Waals surface area contributed by atoms with Crippen LogP contribution in [-0.2, 0) is 19.2 Å². The molecule has 1 fully saturated rings. The highest BCUT2D eigenvalue weighted by atomic mass is 32.2. The van der Waals surface area contributed by atoms with Crippen molar-refractivity contribution < 1.29 is 29.4 Å². The Kier molecular flexibility index (Phi) is 6.23. The van der Waals surface area contributed by atoms with Gasteiger partial charge in [0.25, 0.3) is 11.8 Å². The average molecular weight is 438 g/mol. The first kappa shape index (κ1) is 20.9. The molecule has 2 amide bonds. The summed E-state index contributed by atoms with van der Waals surface area (Å²) in [6.07, 6.45) is 3.67. The Morgan fingerprint density at radius 1 is 1.38 bits per heavy atom. The van der Waals surface area contributed by atoms with E-state index in [1.807, 2.05) is 0 Å². The molecule has 1 aromatic heterocycles. The van der Waals surface area contributed by atoms with E-state index in [9.17, 15) is 24.3 Å². The van der Waals surface area contributed by atoms with Gasteiger partial charge >= 0.3 is 11.9 Å². The van der Waals surface area contributed by atoms with Crippen molar-refractivity contribution in [3.63, 3.8) is 0 Å². The number of aliphatic carboxylic acids is 2. The molecular formula is C17H18N4O6S2. The summed E-state index contributed by atoms with van der Waals surface area (Å²) in [7, 11) is 0. The Bertz CT molecular complexity index is 925. The van der Waals surface area contributed by atoms with Crippen LogP contribution in [0.25, 0.3) is 5.57 Å². The number of allylic oxidation sites excluding steroid dienone is 1. The number of aromatic nitrogens is 1. The molecule has 0 aliphatic carbocycles. The van der Waals surface area contributed by atoms with Crippen LogP contribution in [0.1, 0.15) is 25.0 Å². The third-order valence-corrected chi connectivity index (χ3v) is 6.20. The Morgan fingerprint density at radius 3 is 2.76 bits per heavy atom. The van der Waals surface area contributed by atoms with Crippen molar-refractivity contribution in [2.45, 2.75) is 30.7 Å². The Labute approximate surface area is 173 Å². The molecule has 3 rings (SSSR count). The van der Waals surface area contributed by atoms with Gasteiger partial charge in [0.1, 0.15) is 17.1 Å². The third-order valence-electron chi connectivity index (χ3n) is 4.34. The van der Waals surface area contributed by atoms with Crippen LogP contribution >= 0.6 is 23.1 Å². The van der Waals surface area contributed by atoms with Crippen molar-refractivity contribution >= 4 is 57.6 Å². The number of carbonyl (C=O) groups is 4. The van der Waals surface area contributed by atoms with Crippen molar-refractivity contribution in [2.24, 2.45) is 0 Å². The van der Waals surface area contributed by atoms with Crippen molar-refractivity contribution in [1.82, 2.24) is 15.2 Å². The van der Waals surface area contributed by atoms with Gasteiger partial charge in [-0.25, -0.2) is 9.78 Å². The van der Waals surface area contributed by atoms with Crippen LogP contribution in [0.3, 0.4) is 0 Å². The van der Waals surface area contributed by atoms with Crippen LogP contribution in [0.15, 0.2) is 23.2 Å². The number of fused-ring (bicyclic) bond motifs is 1. The zero-order valence-corrected chi connectivity index (χ0v) is 16.7. The van der Waals surface area contributed by atoms with Gasteiger partial charge in [0.15, 0.2) is 5.13 Å². The lowest BCUT2D eigenvalue weighted by molar-refractivity contribution is -0.150. The van der Waals surface area contributed by atoms with Gasteiger partial charge in [-0.15, -0.1) is 23.1 Å². The lowest BCUT2D eigenvalue weighted by Gasteiger charge is -2.48. The van der Waals surface area contributed by atoms with Crippen LogP contribution in [0.4, 0.5) is 5.13 Å². The highest BCUT2D eigenvalue weighted by molar-refractivity contribution is 8.00. The summed E-state index contributed by atoms with van der Waals surface area (Å²) in [5.74, 6) is -2.74. The monoisotopic (exact) mass is 438 g/mol. The molecule has 3 heterocycles. The fourth-order valence-electron chi connectivity index (χ4n) is 2.98. The molecule has 154 valence electrons. The second-order valence-corrected chi connectivity index (χ2v) is 8.29. The maximum atomic E-state index is 12.8. The Morgan fingerprint density at radius 2 is 2.14 bits per heavy atom. The minimum atomic E-state index is -1.19. The van der Waals surface area contributed by atoms with Crippen molar-refractivity contribution in [1.29, 1.82) is 0 Å². The second-order valence-electron chi connectivity index (χ2n) is 6.25. The van der Waals surface area contributed by atoms with Crippen LogP contribution < -0.4 is 11.1 Å². The maximum Gasteiger partial charge on any atom is 0.352 e. The van der Waals surface area contributed by atoms with Gasteiger partial charge in [-0.05, 0) is 18.9 Å². The minimum Gasteiger partial charge on any atom is -0.481 e. The summed E-state index contributed by atoms with van der Waals surface area (Å²) in [5.41, 5.74) is 6.10. The van der Waals surface area contributed by atoms with E-state index in [4.69, 9.17) is 10.8 Å². The van der Waals surface area contributed by atoms with Crippen LogP contribution in [0, 0.1) is 0 Å². The van der Waals surface area contributed by atoms with E-state index in [2.05, 4.69) is 10.3 Å². The number of β-lactam (4-membered cyclic amide) rings is 1. The molecule has 2 atom stereocenters. The number of amides is 2. The second kappa shape index (κ2) is 8.66. The van der Waals surface area contributed by atoms with Crippen LogP contribution in [0.2, 0.25) is 0 Å². The lowest BCUT2D eigenvalue weighted by atomic mass is 10.0. The number of nitrogens with zero attached hydrogens (tertiary/aromatic N) is 2. The zero-order chi connectivity index (χ0) is 21.1. The van der Waals surface area contributed by atoms with Gasteiger partial charge in [0, 0.05) is 17.6 Å². The summed E-state index contributed by atoms with van der Waals surface area (Å²) in [5, 5.41) is 22.0. The zero-order valence-electron chi connectivity index (χ0n) is 15.0. The summed E-state index contributed by atoms with van der Waals surface area (Å²) in [6.45, 7) is 0. The number of rotatable bonds is 8. The fraction of sp³-hybridized carbons (Fsp3) is 0.353. The number of anilines is 1. The standard InChI is InChI=1S/C17H18N4O6S2/c18-17-19-9(7-29-17)8(3-1-2-4-11(22)23)13(24)20-12-14(25)21-10(16(26)27)5-6-28-15(12)21/h3,5,7,12,15H,1-2,4,6H2,(H2,18,19)(H,20,24)(H,22,23)(H,26,27)/b8-3+/t12-,15-/m1/s1. The molecule has 29 heavy (non-hydrogen) atoms. The molecule has 2 aliphatic heterocycles. The number of nitrogen functional groups attached to an aromatic ring is 1. The number of thiazole rings is 1. The van der Waals surface area contributed by atoms with E-state index in [-0.39, 0.29) is 22.8 Å². The SMILES string of the molecule is Nc1nc(/C(=C\CCCC(=O)O)C(=O)N[C@@H]2C(=O)N3C(C(=O)O)=CCS[C@H]23)cs1. The predicted molar refractivity (Wildman–Crippen MR) is 107 cm³/mol. The van der Waals surface area contributed by atoms with E-state index < -0.39 is 35.2 Å². The van der Waals surface area contributed by atoms with Gasteiger partial charge in [-0.1, -0.05) is 6.08 Å². The quantitative estimate of drug-likeness (QED) is 0.260. The topological polar surface area (TPSA) is 163 Å². The number of carbonyl (C=O) groups excluding carboxylic acids is 2. The first-order chi connectivity index (χ1) is 13.8. The molecule has 0 bridgehead atoms. The Hall–Kier alpha value is -2.86. The lowest BCUT2D eigenvalue weighted by Crippen LogP contribution is -2.70. The summed E-state index contributed by atoms with van der Waals surface area (Å²) in [6, 6.07) is -0.853. The van der Waals surface area contributed by atoms with Gasteiger partial charge in [-0.3, -0.25) is 19.3 Å². The molecule has 2 aliphatic rings. The first-order valence-electron chi connectivity index (χ1n) is 8.62. The smallest absolute Gasteiger partial charge is 0.352 e. The van der Waals surface area contributed by atoms with E-state index in [1.165, 1.54) is 22.7 Å². The van der Waals surface area contributed by atoms with Gasteiger partial charge < -0.3 is 21.3 Å². The molecule has 0 spiro atoms. The molecule has 12 heteroatoms. The van der Waals surface area contributed by atoms with E-state index in [1.54, 1.807) is 11.5 Å². The minimum absolute atomic E-state index is 0.0380. The molecule has 0 aromatic carbocycles. The molecular weight excluding hydrogens is 420 g/mol. The van der Waals surface area contributed by atoms with Crippen LogP contribution in [0.5, 0.6) is 0 Å². The largest absolute Gasteiger partial charge is 0.481 e. The number of nitrogens with two attached hydrogens (primary N) is 1. The summed E-state index contributed by atoms with van der Waals surface area (Å²) >= 11 is 2.51. The highest BCUT2D eigenvalue weighted by Crippen LogP contribution is 2.37. The first-order valence-corrected chi connectivity index (χ1v) is 10.5.